The minimum absolute atomic E-state index is 0.105. The minimum Gasteiger partial charge on any atom is -0.474 e. The fraction of sp³-hybridized carbons (Fsp3) is 0.750. The second kappa shape index (κ2) is 4.40. The molecule has 2 rings (SSSR count). The van der Waals surface area contributed by atoms with Crippen molar-refractivity contribution in [3.05, 3.63) is 0 Å². The molecule has 7 heteroatoms. The van der Waals surface area contributed by atoms with Gasteiger partial charge in [-0.2, -0.15) is 0 Å². The molecular weight excluding hydrogens is 252 g/mol. The number of rotatable bonds is 0. The first-order valence-corrected chi connectivity index (χ1v) is 6.24. The van der Waals surface area contributed by atoms with Crippen LogP contribution in [0.15, 0.2) is 0 Å². The molecule has 1 saturated heterocycles. The van der Waals surface area contributed by atoms with E-state index in [1.54, 1.807) is 25.7 Å². The Kier molecular flexibility index (Phi) is 3.15. The Morgan fingerprint density at radius 3 is 2.16 bits per heavy atom. The number of aliphatic carboxylic acids is 1. The van der Waals surface area contributed by atoms with Crippen molar-refractivity contribution >= 4 is 18.0 Å². The van der Waals surface area contributed by atoms with Crippen LogP contribution in [-0.4, -0.2) is 63.7 Å². The highest BCUT2D eigenvalue weighted by Crippen LogP contribution is 2.37. The second-order valence-electron chi connectivity index (χ2n) is 5.85. The molecule has 0 aromatic heterocycles. The predicted molar refractivity (Wildman–Crippen MR) is 64.5 cm³/mol. The lowest BCUT2D eigenvalue weighted by Crippen LogP contribution is -2.53. The predicted octanol–water partition coefficient (Wildman–Crippen LogP) is 0.291. The third-order valence-corrected chi connectivity index (χ3v) is 3.18. The highest BCUT2D eigenvalue weighted by molar-refractivity contribution is 6.31. The number of piperazine rings is 1. The normalized spacial score (nSPS) is 25.6. The van der Waals surface area contributed by atoms with Gasteiger partial charge >= 0.3 is 18.0 Å². The average Bonchev–Trinajstić information content (AvgIpc) is 3.03. The average molecular weight is 270 g/mol. The van der Waals surface area contributed by atoms with E-state index in [9.17, 15) is 14.4 Å². The number of amides is 2. The summed E-state index contributed by atoms with van der Waals surface area (Å²) in [5, 5.41) is 8.70. The maximum atomic E-state index is 11.9. The molecule has 2 amide bonds. The van der Waals surface area contributed by atoms with Gasteiger partial charge in [0.05, 0.1) is 12.1 Å². The summed E-state index contributed by atoms with van der Waals surface area (Å²) in [6.45, 7) is 5.93. The number of carboxylic acids is 1. The van der Waals surface area contributed by atoms with Crippen LogP contribution in [0.1, 0.15) is 27.2 Å². The Hall–Kier alpha value is -1.79. The van der Waals surface area contributed by atoms with Crippen LogP contribution in [0.5, 0.6) is 0 Å². The Bertz CT molecular complexity index is 428. The fourth-order valence-corrected chi connectivity index (χ4v) is 2.31. The van der Waals surface area contributed by atoms with Crippen LogP contribution in [0.25, 0.3) is 0 Å². The number of fused-ring (bicyclic) bond motifs is 1. The van der Waals surface area contributed by atoms with Crippen molar-refractivity contribution in [2.45, 2.75) is 44.9 Å². The molecule has 2 unspecified atom stereocenters. The lowest BCUT2D eigenvalue weighted by molar-refractivity contribution is -0.157. The van der Waals surface area contributed by atoms with E-state index < -0.39 is 23.6 Å². The van der Waals surface area contributed by atoms with E-state index in [2.05, 4.69) is 0 Å². The summed E-state index contributed by atoms with van der Waals surface area (Å²) in [5.41, 5.74) is -0.560. The molecule has 19 heavy (non-hydrogen) atoms. The Balaban J connectivity index is 1.96. The maximum absolute atomic E-state index is 11.9. The molecule has 0 aromatic carbocycles. The Labute approximate surface area is 111 Å². The molecule has 2 aliphatic rings. The van der Waals surface area contributed by atoms with Gasteiger partial charge in [0, 0.05) is 13.1 Å². The molecule has 0 radical (unpaired) electrons. The second-order valence-corrected chi connectivity index (χ2v) is 5.85. The van der Waals surface area contributed by atoms with E-state index in [-0.39, 0.29) is 18.6 Å². The van der Waals surface area contributed by atoms with Gasteiger partial charge in [-0.25, -0.2) is 9.59 Å². The molecule has 0 aromatic rings. The standard InChI is InChI=1S/C12H18N2O5/c1-12(2,3)19-11(18)14-5-4-13(7-6-8(7)14)9(15)10(16)17/h7-8H,4-6H2,1-3H3,(H,16,17). The summed E-state index contributed by atoms with van der Waals surface area (Å²) in [4.78, 5) is 37.0. The van der Waals surface area contributed by atoms with Gasteiger partial charge in [0.25, 0.3) is 0 Å². The van der Waals surface area contributed by atoms with Gasteiger partial charge < -0.3 is 19.6 Å². The topological polar surface area (TPSA) is 87.2 Å². The zero-order valence-electron chi connectivity index (χ0n) is 11.3. The van der Waals surface area contributed by atoms with Crippen molar-refractivity contribution < 1.29 is 24.2 Å². The van der Waals surface area contributed by atoms with Crippen LogP contribution in [0.3, 0.4) is 0 Å². The number of carbonyl (C=O) groups excluding carboxylic acids is 2. The van der Waals surface area contributed by atoms with Crippen LogP contribution >= 0.6 is 0 Å². The van der Waals surface area contributed by atoms with E-state index in [0.717, 1.165) is 0 Å². The summed E-state index contributed by atoms with van der Waals surface area (Å²) in [7, 11) is 0. The number of ether oxygens (including phenoxy) is 1. The molecule has 1 aliphatic heterocycles. The van der Waals surface area contributed by atoms with E-state index in [1.165, 1.54) is 4.90 Å². The van der Waals surface area contributed by atoms with Crippen molar-refractivity contribution in [2.24, 2.45) is 0 Å². The van der Waals surface area contributed by atoms with Crippen LogP contribution in [0.2, 0.25) is 0 Å². The van der Waals surface area contributed by atoms with Gasteiger partial charge in [0.2, 0.25) is 0 Å². The monoisotopic (exact) mass is 270 g/mol. The SMILES string of the molecule is CC(C)(C)OC(=O)N1CCN(C(=O)C(=O)O)C2CC21. The zero-order chi connectivity index (χ0) is 14.4. The van der Waals surface area contributed by atoms with E-state index in [0.29, 0.717) is 13.0 Å². The highest BCUT2D eigenvalue weighted by atomic mass is 16.6. The first-order valence-electron chi connectivity index (χ1n) is 6.24. The highest BCUT2D eigenvalue weighted by Gasteiger charge is 2.53. The van der Waals surface area contributed by atoms with E-state index >= 15 is 0 Å². The summed E-state index contributed by atoms with van der Waals surface area (Å²) in [5.74, 6) is -2.34. The third kappa shape index (κ3) is 2.80. The number of hydrogen-bond donors (Lipinski definition) is 1. The molecule has 106 valence electrons. The summed E-state index contributed by atoms with van der Waals surface area (Å²) in [6.07, 6.45) is 0.223. The van der Waals surface area contributed by atoms with Crippen molar-refractivity contribution in [3.63, 3.8) is 0 Å². The molecule has 1 heterocycles. The third-order valence-electron chi connectivity index (χ3n) is 3.18. The van der Waals surface area contributed by atoms with Gasteiger partial charge in [-0.3, -0.25) is 4.79 Å². The van der Waals surface area contributed by atoms with Crippen molar-refractivity contribution in [1.82, 2.24) is 9.80 Å². The fourth-order valence-electron chi connectivity index (χ4n) is 2.31. The van der Waals surface area contributed by atoms with Gasteiger partial charge in [0.1, 0.15) is 5.60 Å². The number of hydrogen-bond acceptors (Lipinski definition) is 4. The van der Waals surface area contributed by atoms with Crippen molar-refractivity contribution in [1.29, 1.82) is 0 Å². The van der Waals surface area contributed by atoms with Gasteiger partial charge in [0.15, 0.2) is 0 Å². The Morgan fingerprint density at radius 2 is 1.63 bits per heavy atom. The lowest BCUT2D eigenvalue weighted by atomic mass is 10.2. The molecule has 2 fully saturated rings. The van der Waals surface area contributed by atoms with Crippen molar-refractivity contribution in [3.8, 4) is 0 Å². The van der Waals surface area contributed by atoms with Crippen LogP contribution in [0, 0.1) is 0 Å². The molecule has 7 nitrogen and oxygen atoms in total. The molecule has 0 spiro atoms. The van der Waals surface area contributed by atoms with Crippen molar-refractivity contribution in [2.75, 3.05) is 13.1 Å². The molecule has 1 N–H and O–H groups in total. The van der Waals surface area contributed by atoms with Gasteiger partial charge in [-0.1, -0.05) is 0 Å². The summed E-state index contributed by atoms with van der Waals surface area (Å²) in [6, 6.07) is -0.281. The Morgan fingerprint density at radius 1 is 1.11 bits per heavy atom. The molecular formula is C12H18N2O5. The quantitative estimate of drug-likeness (QED) is 0.639. The van der Waals surface area contributed by atoms with Crippen LogP contribution in [0.4, 0.5) is 4.79 Å². The molecule has 1 aliphatic carbocycles. The van der Waals surface area contributed by atoms with E-state index in [1.807, 2.05) is 0 Å². The number of nitrogens with zero attached hydrogens (tertiary/aromatic N) is 2. The summed E-state index contributed by atoms with van der Waals surface area (Å²) < 4.78 is 5.28. The van der Waals surface area contributed by atoms with Gasteiger partial charge in [-0.15, -0.1) is 0 Å². The minimum atomic E-state index is -1.45. The molecule has 2 atom stereocenters. The molecule has 0 bridgehead atoms. The summed E-state index contributed by atoms with van der Waals surface area (Å²) >= 11 is 0. The van der Waals surface area contributed by atoms with Gasteiger partial charge in [-0.05, 0) is 27.2 Å². The molecule has 1 saturated carbocycles. The maximum Gasteiger partial charge on any atom is 0.410 e. The number of carbonyl (C=O) groups is 3. The van der Waals surface area contributed by atoms with Crippen LogP contribution < -0.4 is 0 Å². The first-order chi connectivity index (χ1) is 8.70. The lowest BCUT2D eigenvalue weighted by Gasteiger charge is -2.34. The number of carboxylic acid groups (broad SMARTS) is 1. The zero-order valence-corrected chi connectivity index (χ0v) is 11.3. The first kappa shape index (κ1) is 13.6. The van der Waals surface area contributed by atoms with E-state index in [4.69, 9.17) is 9.84 Å². The largest absolute Gasteiger partial charge is 0.474 e. The van der Waals surface area contributed by atoms with Crippen LogP contribution in [-0.2, 0) is 14.3 Å². The smallest absolute Gasteiger partial charge is 0.410 e.